The van der Waals surface area contributed by atoms with E-state index in [1.807, 2.05) is 58.9 Å². The largest absolute Gasteiger partial charge is 0.444 e. The maximum atomic E-state index is 13.9. The number of ether oxygens (including phenoxy) is 1. The van der Waals surface area contributed by atoms with Gasteiger partial charge in [0, 0.05) is 38.2 Å². The van der Waals surface area contributed by atoms with Gasteiger partial charge in [-0.2, -0.15) is 0 Å². The lowest BCUT2D eigenvalue weighted by atomic mass is 10.1. The number of carbonyl (C=O) groups excluding carboxylic acids is 2. The van der Waals surface area contributed by atoms with Crippen LogP contribution in [0.4, 0.5) is 16.4 Å². The predicted octanol–water partition coefficient (Wildman–Crippen LogP) is 5.22. The van der Waals surface area contributed by atoms with Gasteiger partial charge in [0.2, 0.25) is 0 Å². The number of fused-ring (bicyclic) bond motifs is 2. The third-order valence-corrected chi connectivity index (χ3v) is 7.78. The van der Waals surface area contributed by atoms with Crippen LogP contribution in [0.1, 0.15) is 88.2 Å². The average molecular weight is 575 g/mol. The lowest BCUT2D eigenvalue weighted by molar-refractivity contribution is 0.0282. The number of hydrogen-bond donors (Lipinski definition) is 0. The van der Waals surface area contributed by atoms with Gasteiger partial charge in [-0.1, -0.05) is 19.9 Å². The summed E-state index contributed by atoms with van der Waals surface area (Å²) in [5, 5.41) is 8.68. The number of rotatable bonds is 5. The summed E-state index contributed by atoms with van der Waals surface area (Å²) in [6.45, 7) is 14.0. The van der Waals surface area contributed by atoms with E-state index in [0.29, 0.717) is 35.4 Å². The van der Waals surface area contributed by atoms with E-state index in [0.717, 1.165) is 61.8 Å². The molecule has 0 spiro atoms. The molecule has 3 aliphatic rings. The van der Waals surface area contributed by atoms with Crippen LogP contribution in [0.2, 0.25) is 0 Å². The van der Waals surface area contributed by atoms with Crippen LogP contribution >= 0.6 is 0 Å². The molecule has 3 aromatic heterocycles. The Hall–Kier alpha value is -4.02. The molecule has 11 heteroatoms. The smallest absolute Gasteiger partial charge is 0.410 e. The molecule has 1 unspecified atom stereocenters. The molecule has 1 fully saturated rings. The van der Waals surface area contributed by atoms with Crippen molar-refractivity contribution in [1.29, 1.82) is 0 Å². The van der Waals surface area contributed by atoms with Crippen molar-refractivity contribution >= 4 is 23.6 Å². The number of pyridine rings is 2. The normalized spacial score (nSPS) is 17.6. The highest BCUT2D eigenvalue weighted by Gasteiger charge is 2.35. The highest BCUT2D eigenvalue weighted by Crippen LogP contribution is 2.35. The van der Waals surface area contributed by atoms with Crippen LogP contribution in [0, 0.1) is 0 Å². The molecule has 0 radical (unpaired) electrons. The first-order valence-electron chi connectivity index (χ1n) is 15.0. The van der Waals surface area contributed by atoms with E-state index in [-0.39, 0.29) is 12.5 Å². The molecule has 11 nitrogen and oxygen atoms in total. The first kappa shape index (κ1) is 29.5. The third kappa shape index (κ3) is 5.69. The minimum Gasteiger partial charge on any atom is -0.444 e. The van der Waals surface area contributed by atoms with Crippen molar-refractivity contribution in [3.63, 3.8) is 0 Å². The summed E-state index contributed by atoms with van der Waals surface area (Å²) < 4.78 is 7.68. The number of amides is 2. The lowest BCUT2D eigenvalue weighted by Crippen LogP contribution is -2.34. The molecule has 0 N–H and O–H groups in total. The number of aromatic nitrogens is 5. The molecule has 6 heterocycles. The molecule has 1 atom stereocenters. The number of anilines is 2. The first-order chi connectivity index (χ1) is 20.1. The molecule has 0 saturated carbocycles. The van der Waals surface area contributed by atoms with Crippen LogP contribution < -0.4 is 9.80 Å². The highest BCUT2D eigenvalue weighted by molar-refractivity contribution is 6.10. The van der Waals surface area contributed by atoms with Gasteiger partial charge in [-0.3, -0.25) is 9.69 Å². The Kier molecular flexibility index (Phi) is 8.21. The number of hydrogen-bond acceptors (Lipinski definition) is 8. The molecule has 3 aliphatic heterocycles. The second-order valence-electron chi connectivity index (χ2n) is 11.9. The van der Waals surface area contributed by atoms with E-state index in [1.165, 1.54) is 4.90 Å². The van der Waals surface area contributed by atoms with E-state index < -0.39 is 11.7 Å². The fourth-order valence-corrected chi connectivity index (χ4v) is 5.76. The molecule has 224 valence electrons. The quantitative estimate of drug-likeness (QED) is 0.408. The molecule has 2 amide bonds. The molecular weight excluding hydrogens is 532 g/mol. The van der Waals surface area contributed by atoms with Gasteiger partial charge in [0.15, 0.2) is 5.82 Å². The maximum Gasteiger partial charge on any atom is 0.410 e. The summed E-state index contributed by atoms with van der Waals surface area (Å²) >= 11 is 0. The fourth-order valence-electron chi connectivity index (χ4n) is 5.76. The topological polar surface area (TPSA) is 110 Å². The van der Waals surface area contributed by atoms with Crippen molar-refractivity contribution in [3.05, 3.63) is 46.9 Å². The second kappa shape index (κ2) is 11.7. The Balaban J connectivity index is 0.00000173. The third-order valence-electron chi connectivity index (χ3n) is 7.78. The Morgan fingerprint density at radius 3 is 2.60 bits per heavy atom. The Morgan fingerprint density at radius 2 is 1.88 bits per heavy atom. The van der Waals surface area contributed by atoms with Crippen molar-refractivity contribution in [2.24, 2.45) is 0 Å². The van der Waals surface area contributed by atoms with Crippen LogP contribution in [-0.2, 0) is 30.8 Å². The van der Waals surface area contributed by atoms with E-state index in [4.69, 9.17) is 14.7 Å². The molecule has 0 aliphatic carbocycles. The van der Waals surface area contributed by atoms with Gasteiger partial charge in [0.25, 0.3) is 5.91 Å². The molecule has 1 saturated heterocycles. The van der Waals surface area contributed by atoms with Gasteiger partial charge in [-0.15, -0.1) is 10.2 Å². The van der Waals surface area contributed by atoms with E-state index >= 15 is 0 Å². The van der Waals surface area contributed by atoms with Crippen molar-refractivity contribution in [2.75, 3.05) is 23.4 Å². The van der Waals surface area contributed by atoms with Gasteiger partial charge in [-0.05, 0) is 65.2 Å². The van der Waals surface area contributed by atoms with Gasteiger partial charge in [0.1, 0.15) is 28.8 Å². The maximum absolute atomic E-state index is 13.9. The average Bonchev–Trinajstić information content (AvgIpc) is 3.74. The standard InChI is InChI=1S/C29H36N8O3.C2H6/c1-18-9-7-13-35(18)25-15-19-20(22(31-25)17-34(5)28(39)40-29(2,3)4)16-37(27(19)38)23-11-6-10-21(30-23)26-33-32-24-12-8-14-36(24)26;1-2/h6,10-11,15,18H,7-9,12-14,16-17H2,1-5H3;1-2H3. The van der Waals surface area contributed by atoms with Crippen LogP contribution in [0.5, 0.6) is 0 Å². The minimum absolute atomic E-state index is 0.122. The summed E-state index contributed by atoms with van der Waals surface area (Å²) in [5.74, 6) is 2.90. The monoisotopic (exact) mass is 574 g/mol. The molecule has 3 aromatic rings. The number of nitrogens with zero attached hydrogens (tertiary/aromatic N) is 8. The Bertz CT molecular complexity index is 1480. The van der Waals surface area contributed by atoms with Gasteiger partial charge in [-0.25, -0.2) is 14.8 Å². The van der Waals surface area contributed by atoms with Crippen LogP contribution in [0.3, 0.4) is 0 Å². The SMILES string of the molecule is CC.CC1CCCN1c1cc2c(c(CN(C)C(=O)OC(C)(C)C)n1)CN(c1cccc(-c3nnc4n3CCC4)n1)C2=O. The van der Waals surface area contributed by atoms with E-state index in [2.05, 4.69) is 26.6 Å². The zero-order valence-electron chi connectivity index (χ0n) is 25.8. The van der Waals surface area contributed by atoms with Crippen LogP contribution in [0.25, 0.3) is 11.5 Å². The molecular formula is C31H42N8O3. The molecule has 42 heavy (non-hydrogen) atoms. The molecule has 6 rings (SSSR count). The summed E-state index contributed by atoms with van der Waals surface area (Å²) in [6.07, 6.45) is 3.69. The first-order valence-corrected chi connectivity index (χ1v) is 15.0. The van der Waals surface area contributed by atoms with Crippen molar-refractivity contribution in [3.8, 4) is 11.5 Å². The van der Waals surface area contributed by atoms with Gasteiger partial charge in [0.05, 0.1) is 24.3 Å². The zero-order chi connectivity index (χ0) is 30.2. The van der Waals surface area contributed by atoms with Crippen LogP contribution in [-0.4, -0.2) is 66.9 Å². The Morgan fingerprint density at radius 1 is 1.10 bits per heavy atom. The van der Waals surface area contributed by atoms with Crippen LogP contribution in [0.15, 0.2) is 24.3 Å². The zero-order valence-corrected chi connectivity index (χ0v) is 25.8. The van der Waals surface area contributed by atoms with Crippen molar-refractivity contribution in [1.82, 2.24) is 29.6 Å². The molecule has 0 bridgehead atoms. The second-order valence-corrected chi connectivity index (χ2v) is 11.9. The van der Waals surface area contributed by atoms with Gasteiger partial charge >= 0.3 is 6.09 Å². The van der Waals surface area contributed by atoms with E-state index in [9.17, 15) is 9.59 Å². The van der Waals surface area contributed by atoms with E-state index in [1.54, 1.807) is 11.9 Å². The highest BCUT2D eigenvalue weighted by atomic mass is 16.6. The molecule has 0 aromatic carbocycles. The van der Waals surface area contributed by atoms with Crippen molar-refractivity contribution < 1.29 is 14.3 Å². The Labute approximate surface area is 247 Å². The van der Waals surface area contributed by atoms with Crippen molar-refractivity contribution in [2.45, 2.75) is 98.5 Å². The summed E-state index contributed by atoms with van der Waals surface area (Å²) in [6, 6.07) is 7.89. The number of carbonyl (C=O) groups is 2. The lowest BCUT2D eigenvalue weighted by Gasteiger charge is -2.26. The summed E-state index contributed by atoms with van der Waals surface area (Å²) in [5.41, 5.74) is 2.19. The van der Waals surface area contributed by atoms with Gasteiger partial charge < -0.3 is 19.1 Å². The summed E-state index contributed by atoms with van der Waals surface area (Å²) in [4.78, 5) is 42.0. The fraction of sp³-hybridized carbons (Fsp3) is 0.548. The predicted molar refractivity (Wildman–Crippen MR) is 161 cm³/mol. The summed E-state index contributed by atoms with van der Waals surface area (Å²) in [7, 11) is 1.70. The number of aryl methyl sites for hydroxylation is 1. The minimum atomic E-state index is -0.610.